The number of aromatic nitrogens is 7. The van der Waals surface area contributed by atoms with E-state index in [9.17, 15) is 18.0 Å². The lowest BCUT2D eigenvalue weighted by atomic mass is 9.86. The van der Waals surface area contributed by atoms with E-state index in [1.807, 2.05) is 23.1 Å². The first-order valence-corrected chi connectivity index (χ1v) is 14.9. The molecule has 0 aromatic carbocycles. The van der Waals surface area contributed by atoms with Crippen LogP contribution in [0.2, 0.25) is 0 Å². The highest BCUT2D eigenvalue weighted by molar-refractivity contribution is 5.92. The van der Waals surface area contributed by atoms with Gasteiger partial charge in [0.1, 0.15) is 23.2 Å². The molecule has 2 aliphatic heterocycles. The van der Waals surface area contributed by atoms with E-state index in [-0.39, 0.29) is 36.1 Å². The number of rotatable bonds is 10. The third kappa shape index (κ3) is 6.27. The first-order valence-electron chi connectivity index (χ1n) is 14.9. The van der Waals surface area contributed by atoms with Gasteiger partial charge in [-0.25, -0.2) is 19.9 Å². The molecule has 2 fully saturated rings. The van der Waals surface area contributed by atoms with Gasteiger partial charge in [-0.15, -0.1) is 0 Å². The van der Waals surface area contributed by atoms with E-state index in [2.05, 4.69) is 34.9 Å². The summed E-state index contributed by atoms with van der Waals surface area (Å²) in [6.07, 6.45) is 4.14. The highest BCUT2D eigenvalue weighted by Crippen LogP contribution is 2.35. The van der Waals surface area contributed by atoms with E-state index >= 15 is 0 Å². The van der Waals surface area contributed by atoms with E-state index in [0.717, 1.165) is 22.3 Å². The van der Waals surface area contributed by atoms with Gasteiger partial charge in [0.15, 0.2) is 0 Å². The Balaban J connectivity index is 1.09. The summed E-state index contributed by atoms with van der Waals surface area (Å²) in [5.74, 6) is -1.86. The van der Waals surface area contributed by atoms with Gasteiger partial charge in [-0.2, -0.15) is 18.3 Å². The third-order valence-corrected chi connectivity index (χ3v) is 8.72. The van der Waals surface area contributed by atoms with Crippen LogP contribution in [0.1, 0.15) is 41.3 Å². The van der Waals surface area contributed by atoms with Crippen molar-refractivity contribution < 1.29 is 23.1 Å². The summed E-state index contributed by atoms with van der Waals surface area (Å²) in [6, 6.07) is 3.48. The highest BCUT2D eigenvalue weighted by atomic mass is 19.4. The predicted octanol–water partition coefficient (Wildman–Crippen LogP) is 1.72. The van der Waals surface area contributed by atoms with Crippen molar-refractivity contribution >= 4 is 16.9 Å². The minimum atomic E-state index is -4.78. The molecule has 4 aromatic heterocycles. The first-order chi connectivity index (χ1) is 21.6. The highest BCUT2D eigenvalue weighted by Gasteiger charge is 2.47. The van der Waals surface area contributed by atoms with Gasteiger partial charge in [0.05, 0.1) is 17.6 Å². The van der Waals surface area contributed by atoms with Crippen LogP contribution >= 0.6 is 0 Å². The molecule has 45 heavy (non-hydrogen) atoms. The Bertz CT molecular complexity index is 1640. The molecule has 0 unspecified atom stereocenters. The van der Waals surface area contributed by atoms with Crippen molar-refractivity contribution in [2.24, 2.45) is 5.73 Å². The second kappa shape index (κ2) is 12.4. The van der Waals surface area contributed by atoms with Crippen molar-refractivity contribution in [1.29, 1.82) is 0 Å². The summed E-state index contributed by atoms with van der Waals surface area (Å²) in [5.41, 5.74) is 8.16. The molecule has 6 heterocycles. The molecule has 4 N–H and O–H groups in total. The molecule has 4 aromatic rings. The molecule has 0 radical (unpaired) electrons. The van der Waals surface area contributed by atoms with Crippen LogP contribution in [0.15, 0.2) is 37.1 Å². The quantitative estimate of drug-likeness (QED) is 0.236. The van der Waals surface area contributed by atoms with Crippen LogP contribution < -0.4 is 5.73 Å². The average Bonchev–Trinajstić information content (AvgIpc) is 3.70. The maximum atomic E-state index is 13.6. The van der Waals surface area contributed by atoms with Crippen LogP contribution in [0.3, 0.4) is 0 Å². The topological polar surface area (TPSA) is 158 Å². The third-order valence-electron chi connectivity index (χ3n) is 8.72. The predicted molar refractivity (Wildman–Crippen MR) is 158 cm³/mol. The zero-order chi connectivity index (χ0) is 31.8. The summed E-state index contributed by atoms with van der Waals surface area (Å²) in [7, 11) is 1.72. The van der Waals surface area contributed by atoms with Gasteiger partial charge in [-0.1, -0.05) is 0 Å². The van der Waals surface area contributed by atoms with E-state index in [1.54, 1.807) is 23.0 Å². The monoisotopic (exact) mass is 627 g/mol. The summed E-state index contributed by atoms with van der Waals surface area (Å²) in [4.78, 5) is 38.1. The van der Waals surface area contributed by atoms with Gasteiger partial charge in [-0.3, -0.25) is 14.4 Å². The fraction of sp³-hybridized carbons (Fsp3) is 0.517. The second-order valence-corrected chi connectivity index (χ2v) is 11.9. The Morgan fingerprint density at radius 3 is 2.71 bits per heavy atom. The number of aliphatic hydroxyl groups excluding tert-OH is 1. The van der Waals surface area contributed by atoms with E-state index in [1.165, 1.54) is 12.4 Å². The maximum absolute atomic E-state index is 13.6. The largest absolute Gasteiger partial charge is 0.451 e. The number of H-pyrrole nitrogens is 1. The second-order valence-electron chi connectivity index (χ2n) is 11.9. The Labute approximate surface area is 257 Å². The summed E-state index contributed by atoms with van der Waals surface area (Å²) in [5, 5.41) is 14.6. The summed E-state index contributed by atoms with van der Waals surface area (Å²) in [6.45, 7) is 3.13. The number of aromatic amines is 1. The Morgan fingerprint density at radius 1 is 1.22 bits per heavy atom. The van der Waals surface area contributed by atoms with Gasteiger partial charge in [0.2, 0.25) is 5.82 Å². The number of carbonyl (C=O) groups excluding carboxylic acids is 1. The minimum absolute atomic E-state index is 0.0297. The molecule has 0 saturated carbocycles. The fourth-order valence-electron chi connectivity index (χ4n) is 6.25. The number of nitrogens with two attached hydrogens (primary N) is 1. The number of hydrogen-bond donors (Lipinski definition) is 3. The number of aliphatic hydroxyl groups is 1. The number of fused-ring (bicyclic) bond motifs is 1. The number of alkyl halides is 3. The molecule has 0 atom stereocenters. The zero-order valence-electron chi connectivity index (χ0n) is 24.9. The lowest BCUT2D eigenvalue weighted by Crippen LogP contribution is -2.69. The van der Waals surface area contributed by atoms with Gasteiger partial charge in [-0.05, 0) is 38.4 Å². The molecule has 0 spiro atoms. The standard InChI is InChI=1S/C29H36F3N11O2/c1-40(7-2-10-44)14-20-11-23(39-27(38-20)29(30,31)32)26(45)41-8-4-21(5-9-41)42-16-28(15-33,17-42)43-13-19(12-37-43)24-22-3-6-34-25(22)36-18-35-24/h3,6,11-13,18,21,44H,2,4-5,7-10,14-17,33H2,1H3,(H,34,35,36). The molecule has 2 aliphatic rings. The minimum Gasteiger partial charge on any atom is -0.396 e. The number of carbonyl (C=O) groups is 1. The van der Waals surface area contributed by atoms with Crippen molar-refractivity contribution in [2.45, 2.75) is 43.6 Å². The molecule has 0 bridgehead atoms. The Kier molecular flexibility index (Phi) is 8.56. The van der Waals surface area contributed by atoms with Crippen molar-refractivity contribution in [3.05, 3.63) is 54.3 Å². The molecule has 1 amide bonds. The molecular formula is C29H36F3N11O2. The van der Waals surface area contributed by atoms with Gasteiger partial charge in [0, 0.05) is 81.8 Å². The zero-order valence-corrected chi connectivity index (χ0v) is 24.9. The fourth-order valence-corrected chi connectivity index (χ4v) is 6.25. The van der Waals surface area contributed by atoms with Crippen LogP contribution in [0.5, 0.6) is 0 Å². The molecule has 13 nitrogen and oxygen atoms in total. The lowest BCUT2D eigenvalue weighted by Gasteiger charge is -2.54. The Hall–Kier alpha value is -3.99. The number of halogens is 3. The number of likely N-dealkylation sites (tertiary alicyclic amines) is 2. The van der Waals surface area contributed by atoms with Crippen LogP contribution in [0.4, 0.5) is 13.2 Å². The van der Waals surface area contributed by atoms with Crippen molar-refractivity contribution in [3.8, 4) is 11.3 Å². The van der Waals surface area contributed by atoms with E-state index in [0.29, 0.717) is 58.5 Å². The van der Waals surface area contributed by atoms with Crippen molar-refractivity contribution in [3.63, 3.8) is 0 Å². The van der Waals surface area contributed by atoms with Gasteiger partial charge in [0.25, 0.3) is 5.91 Å². The smallest absolute Gasteiger partial charge is 0.396 e. The van der Waals surface area contributed by atoms with E-state index < -0.39 is 17.9 Å². The van der Waals surface area contributed by atoms with Crippen molar-refractivity contribution in [1.82, 2.24) is 49.4 Å². The van der Waals surface area contributed by atoms with Crippen LogP contribution in [0.25, 0.3) is 22.3 Å². The molecule has 0 aliphatic carbocycles. The Morgan fingerprint density at radius 2 is 2.00 bits per heavy atom. The van der Waals surface area contributed by atoms with Gasteiger partial charge < -0.3 is 25.6 Å². The summed E-state index contributed by atoms with van der Waals surface area (Å²) >= 11 is 0. The number of hydrogen-bond acceptors (Lipinski definition) is 10. The summed E-state index contributed by atoms with van der Waals surface area (Å²) < 4.78 is 42.7. The SMILES string of the molecule is CN(CCCO)Cc1cc(C(=O)N2CCC(N3CC(CN)(n4cc(-c5ncnc6[nH]ccc56)cn4)C3)CC2)nc(C(F)(F)F)n1. The maximum Gasteiger partial charge on any atom is 0.451 e. The van der Waals surface area contributed by atoms with Crippen LogP contribution in [0, 0.1) is 0 Å². The molecule has 16 heteroatoms. The lowest BCUT2D eigenvalue weighted by molar-refractivity contribution is -0.145. The molecule has 6 rings (SSSR count). The van der Waals surface area contributed by atoms with Crippen LogP contribution in [-0.4, -0.2) is 119 Å². The number of piperidine rings is 1. The number of nitrogens with one attached hydrogen (secondary N) is 1. The molecule has 240 valence electrons. The molecular weight excluding hydrogens is 591 g/mol. The van der Waals surface area contributed by atoms with Gasteiger partial charge >= 0.3 is 6.18 Å². The normalized spacial score (nSPS) is 17.7. The average molecular weight is 628 g/mol. The van der Waals surface area contributed by atoms with Crippen LogP contribution in [-0.2, 0) is 18.3 Å². The van der Waals surface area contributed by atoms with E-state index in [4.69, 9.17) is 10.8 Å². The van der Waals surface area contributed by atoms with Crippen molar-refractivity contribution in [2.75, 3.05) is 52.9 Å². The molecule has 2 saturated heterocycles. The first kappa shape index (κ1) is 31.0. The number of amides is 1. The number of nitrogens with zero attached hydrogens (tertiary/aromatic N) is 9.